The molecule has 1 aromatic carbocycles. The topological polar surface area (TPSA) is 61.8 Å². The molecule has 2 rings (SSSR count). The first-order valence-corrected chi connectivity index (χ1v) is 6.22. The summed E-state index contributed by atoms with van der Waals surface area (Å²) in [6.45, 7) is 4.01. The van der Waals surface area contributed by atoms with Gasteiger partial charge < -0.3 is 14.2 Å². The van der Waals surface area contributed by atoms with E-state index in [0.717, 1.165) is 17.5 Å². The van der Waals surface area contributed by atoms with Gasteiger partial charge in [-0.15, -0.1) is 0 Å². The lowest BCUT2D eigenvalue weighted by Crippen LogP contribution is -2.09. The van der Waals surface area contributed by atoms with Crippen molar-refractivity contribution in [1.29, 1.82) is 0 Å². The van der Waals surface area contributed by atoms with Gasteiger partial charge >= 0.3 is 11.9 Å². The van der Waals surface area contributed by atoms with E-state index < -0.39 is 5.97 Å². The number of esters is 2. The Balaban J connectivity index is 2.25. The molecule has 0 saturated carbocycles. The molecule has 19 heavy (non-hydrogen) atoms. The third-order valence-electron chi connectivity index (χ3n) is 2.72. The second kappa shape index (κ2) is 5.73. The van der Waals surface area contributed by atoms with Gasteiger partial charge in [0.2, 0.25) is 0 Å². The molecule has 0 spiro atoms. The summed E-state index contributed by atoms with van der Waals surface area (Å²) in [4.78, 5) is 22.6. The van der Waals surface area contributed by atoms with Gasteiger partial charge in [0.25, 0.3) is 0 Å². The molecule has 0 aliphatic carbocycles. The summed E-state index contributed by atoms with van der Waals surface area (Å²) in [5.74, 6) is 0.269. The summed E-state index contributed by atoms with van der Waals surface area (Å²) >= 11 is 0. The van der Waals surface area contributed by atoms with Gasteiger partial charge in [-0.05, 0) is 18.6 Å². The highest BCUT2D eigenvalue weighted by Gasteiger charge is 2.21. The Morgan fingerprint density at radius 1 is 1.37 bits per heavy atom. The van der Waals surface area contributed by atoms with E-state index in [-0.39, 0.29) is 12.4 Å². The maximum Gasteiger partial charge on any atom is 0.310 e. The zero-order chi connectivity index (χ0) is 13.8. The molecule has 0 amide bonds. The van der Waals surface area contributed by atoms with Crippen molar-refractivity contribution in [2.45, 2.75) is 26.7 Å². The van der Waals surface area contributed by atoms with E-state index in [2.05, 4.69) is 0 Å². The first-order valence-electron chi connectivity index (χ1n) is 6.22. The van der Waals surface area contributed by atoms with E-state index in [1.165, 1.54) is 6.92 Å². The maximum atomic E-state index is 11.5. The van der Waals surface area contributed by atoms with Crippen LogP contribution in [-0.2, 0) is 27.2 Å². The van der Waals surface area contributed by atoms with Crippen LogP contribution in [0.4, 0.5) is 0 Å². The Hall–Kier alpha value is -2.04. The Morgan fingerprint density at radius 2 is 2.16 bits per heavy atom. The molecule has 1 aliphatic heterocycles. The Bertz CT molecular complexity index is 507. The zero-order valence-corrected chi connectivity index (χ0v) is 11.0. The van der Waals surface area contributed by atoms with Crippen molar-refractivity contribution in [3.8, 4) is 11.5 Å². The average molecular weight is 264 g/mol. The molecule has 0 saturated heterocycles. The fourth-order valence-electron chi connectivity index (χ4n) is 2.05. The molecular weight excluding hydrogens is 248 g/mol. The molecule has 0 aromatic heterocycles. The average Bonchev–Trinajstić information content (AvgIpc) is 2.76. The predicted octanol–water partition coefficient (Wildman–Crippen LogP) is 1.65. The van der Waals surface area contributed by atoms with E-state index in [0.29, 0.717) is 24.7 Å². The van der Waals surface area contributed by atoms with Gasteiger partial charge in [-0.25, -0.2) is 0 Å². The zero-order valence-electron chi connectivity index (χ0n) is 11.0. The lowest BCUT2D eigenvalue weighted by molar-refractivity contribution is -0.142. The van der Waals surface area contributed by atoms with Crippen molar-refractivity contribution in [2.75, 3.05) is 13.2 Å². The van der Waals surface area contributed by atoms with E-state index in [9.17, 15) is 9.59 Å². The summed E-state index contributed by atoms with van der Waals surface area (Å²) in [5, 5.41) is 0. The van der Waals surface area contributed by atoms with Crippen LogP contribution in [0.5, 0.6) is 11.5 Å². The monoisotopic (exact) mass is 264 g/mol. The normalized spacial score (nSPS) is 12.5. The first kappa shape index (κ1) is 13.4. The SMILES string of the molecule is CCOC(=O)Cc1cc2c(c(OC(C)=O)c1)OCC2. The van der Waals surface area contributed by atoms with Gasteiger partial charge in [0.15, 0.2) is 11.5 Å². The van der Waals surface area contributed by atoms with Crippen LogP contribution in [0, 0.1) is 0 Å². The second-order valence-corrected chi connectivity index (χ2v) is 4.26. The van der Waals surface area contributed by atoms with Crippen molar-refractivity contribution in [2.24, 2.45) is 0 Å². The van der Waals surface area contributed by atoms with Crippen LogP contribution in [-0.4, -0.2) is 25.2 Å². The molecule has 1 aromatic rings. The smallest absolute Gasteiger partial charge is 0.310 e. The lowest BCUT2D eigenvalue weighted by atomic mass is 10.1. The second-order valence-electron chi connectivity index (χ2n) is 4.26. The molecule has 102 valence electrons. The number of fused-ring (bicyclic) bond motifs is 1. The van der Waals surface area contributed by atoms with Crippen LogP contribution in [0.1, 0.15) is 25.0 Å². The van der Waals surface area contributed by atoms with Crippen LogP contribution in [0.3, 0.4) is 0 Å². The summed E-state index contributed by atoms with van der Waals surface area (Å²) < 4.78 is 15.5. The molecule has 0 atom stereocenters. The van der Waals surface area contributed by atoms with E-state index in [4.69, 9.17) is 14.2 Å². The van der Waals surface area contributed by atoms with Gasteiger partial charge in [0.05, 0.1) is 19.6 Å². The van der Waals surface area contributed by atoms with Crippen molar-refractivity contribution >= 4 is 11.9 Å². The Kier molecular flexibility index (Phi) is 4.04. The van der Waals surface area contributed by atoms with Gasteiger partial charge in [-0.1, -0.05) is 6.07 Å². The Morgan fingerprint density at radius 3 is 2.84 bits per heavy atom. The fraction of sp³-hybridized carbons (Fsp3) is 0.429. The van der Waals surface area contributed by atoms with E-state index >= 15 is 0 Å². The summed E-state index contributed by atoms with van der Waals surface area (Å²) in [5.41, 5.74) is 1.72. The molecular formula is C14H16O5. The highest BCUT2D eigenvalue weighted by atomic mass is 16.6. The third-order valence-corrected chi connectivity index (χ3v) is 2.72. The number of carbonyl (C=O) groups excluding carboxylic acids is 2. The predicted molar refractivity (Wildman–Crippen MR) is 67.3 cm³/mol. The minimum atomic E-state index is -0.411. The molecule has 1 heterocycles. The number of benzene rings is 1. The third kappa shape index (κ3) is 3.24. The molecule has 0 fully saturated rings. The maximum absolute atomic E-state index is 11.5. The highest BCUT2D eigenvalue weighted by Crippen LogP contribution is 2.37. The van der Waals surface area contributed by atoms with Crippen molar-refractivity contribution < 1.29 is 23.8 Å². The van der Waals surface area contributed by atoms with Crippen LogP contribution < -0.4 is 9.47 Å². The Labute approximate surface area is 111 Å². The fourth-order valence-corrected chi connectivity index (χ4v) is 2.05. The van der Waals surface area contributed by atoms with Gasteiger partial charge in [0.1, 0.15) is 0 Å². The summed E-state index contributed by atoms with van der Waals surface area (Å²) in [6, 6.07) is 3.55. The lowest BCUT2D eigenvalue weighted by Gasteiger charge is -2.10. The van der Waals surface area contributed by atoms with Crippen molar-refractivity contribution in [3.63, 3.8) is 0 Å². The van der Waals surface area contributed by atoms with Crippen LogP contribution in [0.2, 0.25) is 0 Å². The van der Waals surface area contributed by atoms with Crippen LogP contribution >= 0.6 is 0 Å². The quantitative estimate of drug-likeness (QED) is 0.611. The molecule has 1 aliphatic rings. The number of hydrogen-bond donors (Lipinski definition) is 0. The number of carbonyl (C=O) groups is 2. The van der Waals surface area contributed by atoms with Crippen molar-refractivity contribution in [3.05, 3.63) is 23.3 Å². The molecule has 0 N–H and O–H groups in total. The minimum absolute atomic E-state index is 0.162. The minimum Gasteiger partial charge on any atom is -0.489 e. The number of rotatable bonds is 4. The number of hydrogen-bond acceptors (Lipinski definition) is 5. The molecule has 5 nitrogen and oxygen atoms in total. The molecule has 0 radical (unpaired) electrons. The first-order chi connectivity index (χ1) is 9.10. The summed E-state index contributed by atoms with van der Waals surface area (Å²) in [6.07, 6.45) is 0.912. The van der Waals surface area contributed by atoms with Gasteiger partial charge in [-0.3, -0.25) is 9.59 Å². The standard InChI is InChI=1S/C14H16O5/c1-3-17-13(16)8-10-6-11-4-5-18-14(11)12(7-10)19-9(2)15/h6-7H,3-5,8H2,1-2H3. The molecule has 0 unspecified atom stereocenters. The van der Waals surface area contributed by atoms with Gasteiger partial charge in [-0.2, -0.15) is 0 Å². The largest absolute Gasteiger partial charge is 0.489 e. The van der Waals surface area contributed by atoms with Gasteiger partial charge in [0, 0.05) is 18.9 Å². The van der Waals surface area contributed by atoms with E-state index in [1.807, 2.05) is 6.07 Å². The van der Waals surface area contributed by atoms with Crippen molar-refractivity contribution in [1.82, 2.24) is 0 Å². The van der Waals surface area contributed by atoms with Crippen LogP contribution in [0.15, 0.2) is 12.1 Å². The summed E-state index contributed by atoms with van der Waals surface area (Å²) in [7, 11) is 0. The van der Waals surface area contributed by atoms with E-state index in [1.54, 1.807) is 13.0 Å². The molecule has 5 heteroatoms. The van der Waals surface area contributed by atoms with Crippen LogP contribution in [0.25, 0.3) is 0 Å². The number of ether oxygens (including phenoxy) is 3. The molecule has 0 bridgehead atoms. The highest BCUT2D eigenvalue weighted by molar-refractivity contribution is 5.74.